The fourth-order valence-corrected chi connectivity index (χ4v) is 1.04. The highest BCUT2D eigenvalue weighted by atomic mass is 32.2. The second-order valence-electron chi connectivity index (χ2n) is 1.60. The zero-order valence-corrected chi connectivity index (χ0v) is 6.14. The Labute approximate surface area is 61.0 Å². The monoisotopic (exact) mass is 158 g/mol. The summed E-state index contributed by atoms with van der Waals surface area (Å²) in [6.45, 7) is 0. The smallest absolute Gasteiger partial charge is 0.313 e. The summed E-state index contributed by atoms with van der Waals surface area (Å²) in [5.41, 5.74) is -0.684. The van der Waals surface area contributed by atoms with E-state index < -0.39 is 0 Å². The van der Waals surface area contributed by atoms with Crippen LogP contribution in [0.25, 0.3) is 0 Å². The first-order chi connectivity index (χ1) is 4.75. The SMILES string of the molecule is CSn1c(=O)cc[nH]c1=O. The molecule has 0 aliphatic rings. The molecule has 0 spiro atoms. The number of hydrogen-bond acceptors (Lipinski definition) is 3. The predicted molar refractivity (Wildman–Crippen MR) is 40.2 cm³/mol. The molecule has 1 aromatic heterocycles. The van der Waals surface area contributed by atoms with E-state index in [2.05, 4.69) is 4.98 Å². The number of nitrogens with zero attached hydrogens (tertiary/aromatic N) is 1. The van der Waals surface area contributed by atoms with Crippen molar-refractivity contribution in [2.75, 3.05) is 6.26 Å². The Hall–Kier alpha value is -0.970. The number of nitrogens with one attached hydrogen (secondary N) is 1. The third-order valence-corrected chi connectivity index (χ3v) is 1.71. The lowest BCUT2D eigenvalue weighted by atomic mass is 10.7. The Morgan fingerprint density at radius 3 is 2.70 bits per heavy atom. The molecule has 0 amide bonds. The molecule has 0 aliphatic carbocycles. The second-order valence-corrected chi connectivity index (χ2v) is 2.33. The van der Waals surface area contributed by atoms with Crippen molar-refractivity contribution >= 4 is 11.9 Å². The van der Waals surface area contributed by atoms with Crippen molar-refractivity contribution < 1.29 is 0 Å². The molecule has 10 heavy (non-hydrogen) atoms. The molecule has 0 radical (unpaired) electrons. The lowest BCUT2D eigenvalue weighted by molar-refractivity contribution is 0.981. The number of hydrogen-bond donors (Lipinski definition) is 1. The van der Waals surface area contributed by atoms with E-state index in [0.29, 0.717) is 0 Å². The minimum Gasteiger partial charge on any atom is -0.313 e. The molecule has 0 bridgehead atoms. The highest BCUT2D eigenvalue weighted by Crippen LogP contribution is 1.85. The summed E-state index contributed by atoms with van der Waals surface area (Å²) < 4.78 is 1.04. The van der Waals surface area contributed by atoms with E-state index in [-0.39, 0.29) is 11.2 Å². The topological polar surface area (TPSA) is 54.9 Å². The number of aromatic nitrogens is 2. The maximum Gasteiger partial charge on any atom is 0.338 e. The van der Waals surface area contributed by atoms with Crippen LogP contribution in [0.2, 0.25) is 0 Å². The minimum atomic E-state index is -0.389. The summed E-state index contributed by atoms with van der Waals surface area (Å²) in [4.78, 5) is 23.9. The standard InChI is InChI=1S/C5H6N2O2S/c1-10-7-4(8)2-3-6-5(7)9/h2-3H,1H3,(H,6,9). The van der Waals surface area contributed by atoms with E-state index in [0.717, 1.165) is 15.9 Å². The van der Waals surface area contributed by atoms with Crippen LogP contribution in [0, 0.1) is 0 Å². The van der Waals surface area contributed by atoms with Gasteiger partial charge in [-0.2, -0.15) is 0 Å². The van der Waals surface area contributed by atoms with Gasteiger partial charge in [-0.1, -0.05) is 0 Å². The Kier molecular flexibility index (Phi) is 1.96. The highest BCUT2D eigenvalue weighted by Gasteiger charge is 1.94. The van der Waals surface area contributed by atoms with Crippen LogP contribution in [0.1, 0.15) is 0 Å². The molecule has 1 N–H and O–H groups in total. The molecular weight excluding hydrogens is 152 g/mol. The summed E-state index contributed by atoms with van der Waals surface area (Å²) in [5, 5.41) is 0. The summed E-state index contributed by atoms with van der Waals surface area (Å²) >= 11 is 1.08. The molecular formula is C5H6N2O2S. The Morgan fingerprint density at radius 1 is 1.60 bits per heavy atom. The van der Waals surface area contributed by atoms with Gasteiger partial charge in [-0.3, -0.25) is 4.79 Å². The van der Waals surface area contributed by atoms with Crippen LogP contribution in [-0.2, 0) is 0 Å². The molecule has 0 aliphatic heterocycles. The molecule has 5 heteroatoms. The Bertz CT molecular complexity index is 299. The predicted octanol–water partition coefficient (Wildman–Crippen LogP) is -0.337. The van der Waals surface area contributed by atoms with Gasteiger partial charge in [0.15, 0.2) is 0 Å². The minimum absolute atomic E-state index is 0.295. The molecule has 1 heterocycles. The average molecular weight is 158 g/mol. The van der Waals surface area contributed by atoms with Gasteiger partial charge < -0.3 is 4.98 Å². The maximum absolute atomic E-state index is 10.8. The molecule has 0 unspecified atom stereocenters. The van der Waals surface area contributed by atoms with Crippen LogP contribution in [-0.4, -0.2) is 15.2 Å². The van der Waals surface area contributed by atoms with Gasteiger partial charge in [0.25, 0.3) is 5.56 Å². The second kappa shape index (κ2) is 2.74. The summed E-state index contributed by atoms with van der Waals surface area (Å²) in [5.74, 6) is 0. The van der Waals surface area contributed by atoms with E-state index in [1.54, 1.807) is 6.26 Å². The lowest BCUT2D eigenvalue weighted by Crippen LogP contribution is -2.29. The normalized spacial score (nSPS) is 9.70. The van der Waals surface area contributed by atoms with Crippen LogP contribution in [0.15, 0.2) is 21.9 Å². The van der Waals surface area contributed by atoms with E-state index >= 15 is 0 Å². The van der Waals surface area contributed by atoms with Crippen LogP contribution in [0.5, 0.6) is 0 Å². The molecule has 1 aromatic rings. The summed E-state index contributed by atoms with van der Waals surface area (Å²) in [6, 6.07) is 1.30. The quantitative estimate of drug-likeness (QED) is 0.608. The zero-order chi connectivity index (χ0) is 7.56. The van der Waals surface area contributed by atoms with Gasteiger partial charge in [0.1, 0.15) is 0 Å². The third kappa shape index (κ3) is 1.13. The molecule has 1 rings (SSSR count). The van der Waals surface area contributed by atoms with Crippen LogP contribution in [0.3, 0.4) is 0 Å². The van der Waals surface area contributed by atoms with Crippen molar-refractivity contribution in [3.8, 4) is 0 Å². The first-order valence-electron chi connectivity index (χ1n) is 2.61. The van der Waals surface area contributed by atoms with Crippen molar-refractivity contribution in [3.63, 3.8) is 0 Å². The van der Waals surface area contributed by atoms with Gasteiger partial charge in [-0.15, -0.1) is 0 Å². The first-order valence-corrected chi connectivity index (χ1v) is 3.79. The van der Waals surface area contributed by atoms with E-state index in [1.165, 1.54) is 12.3 Å². The molecule has 4 nitrogen and oxygen atoms in total. The largest absolute Gasteiger partial charge is 0.338 e. The van der Waals surface area contributed by atoms with Crippen LogP contribution >= 0.6 is 11.9 Å². The third-order valence-electron chi connectivity index (χ3n) is 1.000. The van der Waals surface area contributed by atoms with Gasteiger partial charge in [-0.05, 0) is 11.9 Å². The van der Waals surface area contributed by atoms with Crippen molar-refractivity contribution in [1.29, 1.82) is 0 Å². The van der Waals surface area contributed by atoms with Crippen molar-refractivity contribution in [2.24, 2.45) is 0 Å². The first kappa shape index (κ1) is 7.14. The zero-order valence-electron chi connectivity index (χ0n) is 5.33. The van der Waals surface area contributed by atoms with Gasteiger partial charge in [-0.25, -0.2) is 8.77 Å². The molecule has 0 aromatic carbocycles. The number of aromatic amines is 1. The molecule has 0 fully saturated rings. The summed E-state index contributed by atoms with van der Waals surface area (Å²) in [6.07, 6.45) is 2.99. The Morgan fingerprint density at radius 2 is 2.30 bits per heavy atom. The van der Waals surface area contributed by atoms with Crippen molar-refractivity contribution in [3.05, 3.63) is 33.1 Å². The molecule has 0 atom stereocenters. The fourth-order valence-electron chi connectivity index (χ4n) is 0.584. The average Bonchev–Trinajstić information content (AvgIpc) is 1.88. The van der Waals surface area contributed by atoms with Crippen LogP contribution < -0.4 is 11.2 Å². The van der Waals surface area contributed by atoms with Gasteiger partial charge in [0.2, 0.25) is 0 Å². The van der Waals surface area contributed by atoms with Crippen molar-refractivity contribution in [2.45, 2.75) is 0 Å². The summed E-state index contributed by atoms with van der Waals surface area (Å²) in [7, 11) is 0. The molecule has 0 saturated carbocycles. The molecule has 0 saturated heterocycles. The molecule has 54 valence electrons. The van der Waals surface area contributed by atoms with E-state index in [4.69, 9.17) is 0 Å². The lowest BCUT2D eigenvalue weighted by Gasteiger charge is -1.93. The van der Waals surface area contributed by atoms with E-state index in [9.17, 15) is 9.59 Å². The van der Waals surface area contributed by atoms with Crippen LogP contribution in [0.4, 0.5) is 0 Å². The number of H-pyrrole nitrogens is 1. The van der Waals surface area contributed by atoms with Gasteiger partial charge in [0, 0.05) is 18.5 Å². The number of rotatable bonds is 1. The van der Waals surface area contributed by atoms with E-state index in [1.807, 2.05) is 0 Å². The van der Waals surface area contributed by atoms with Crippen molar-refractivity contribution in [1.82, 2.24) is 8.96 Å². The highest BCUT2D eigenvalue weighted by molar-refractivity contribution is 7.97. The van der Waals surface area contributed by atoms with Gasteiger partial charge >= 0.3 is 5.69 Å². The van der Waals surface area contributed by atoms with Gasteiger partial charge in [0.05, 0.1) is 0 Å². The maximum atomic E-state index is 10.8. The fraction of sp³-hybridized carbons (Fsp3) is 0.200. The Balaban J connectivity index is 3.46.